The van der Waals surface area contributed by atoms with Gasteiger partial charge in [-0.1, -0.05) is 12.1 Å². The number of aliphatic hydroxyl groups is 1. The molecule has 3 aromatic rings. The van der Waals surface area contributed by atoms with E-state index in [0.29, 0.717) is 39.8 Å². The second-order valence-corrected chi connectivity index (χ2v) is 10.0. The topological polar surface area (TPSA) is 89.1 Å². The number of hydrogen-bond acceptors (Lipinski definition) is 6. The van der Waals surface area contributed by atoms with Crippen molar-refractivity contribution in [2.24, 2.45) is 5.92 Å². The SMILES string of the molecule is COC1c2c3c(c4occ(-c5ccc(O)cc5)c(=O)c4c2CC1C(C)(C)O)C=CC(C)(C)O3. The zero-order valence-electron chi connectivity index (χ0n) is 19.4. The summed E-state index contributed by atoms with van der Waals surface area (Å²) >= 11 is 0. The molecule has 2 aromatic carbocycles. The van der Waals surface area contributed by atoms with Gasteiger partial charge in [-0.3, -0.25) is 4.79 Å². The summed E-state index contributed by atoms with van der Waals surface area (Å²) < 4.78 is 18.4. The van der Waals surface area contributed by atoms with Gasteiger partial charge in [0.25, 0.3) is 0 Å². The molecule has 2 unspecified atom stereocenters. The lowest BCUT2D eigenvalue weighted by Crippen LogP contribution is -2.34. The lowest BCUT2D eigenvalue weighted by atomic mass is 9.86. The van der Waals surface area contributed by atoms with Gasteiger partial charge in [0.1, 0.15) is 28.9 Å². The Morgan fingerprint density at radius 3 is 2.52 bits per heavy atom. The standard InChI is InChI=1S/C27H28O6/c1-26(2)11-10-16-23-20(22(29)18(13-32-23)14-6-8-15(28)9-7-14)17-12-19(27(3,4)30)25(31-5)21(17)24(16)33-26/h6-11,13,19,25,28,30H,12H2,1-5H3. The molecule has 172 valence electrons. The number of rotatable bonds is 3. The van der Waals surface area contributed by atoms with Crippen LogP contribution in [0.5, 0.6) is 11.5 Å². The molecule has 0 saturated heterocycles. The van der Waals surface area contributed by atoms with Gasteiger partial charge in [-0.25, -0.2) is 0 Å². The largest absolute Gasteiger partial charge is 0.508 e. The molecule has 2 N–H and O–H groups in total. The lowest BCUT2D eigenvalue weighted by molar-refractivity contribution is -0.0560. The summed E-state index contributed by atoms with van der Waals surface area (Å²) in [5.74, 6) is 0.505. The minimum absolute atomic E-state index is 0.125. The third-order valence-electron chi connectivity index (χ3n) is 6.78. The van der Waals surface area contributed by atoms with Crippen molar-refractivity contribution >= 4 is 17.0 Å². The van der Waals surface area contributed by atoms with Crippen LogP contribution in [0.3, 0.4) is 0 Å². The predicted octanol–water partition coefficient (Wildman–Crippen LogP) is 4.98. The van der Waals surface area contributed by atoms with Gasteiger partial charge in [-0.15, -0.1) is 0 Å². The first-order valence-corrected chi connectivity index (χ1v) is 11.1. The summed E-state index contributed by atoms with van der Waals surface area (Å²) in [6.45, 7) is 7.47. The number of phenolic OH excluding ortho intramolecular Hbond substituents is 1. The van der Waals surface area contributed by atoms with Crippen LogP contribution in [0, 0.1) is 5.92 Å². The minimum atomic E-state index is -1.03. The van der Waals surface area contributed by atoms with E-state index in [0.717, 1.165) is 11.1 Å². The van der Waals surface area contributed by atoms with Crippen molar-refractivity contribution in [3.63, 3.8) is 0 Å². The summed E-state index contributed by atoms with van der Waals surface area (Å²) in [5, 5.41) is 21.1. The molecule has 0 bridgehead atoms. The zero-order valence-corrected chi connectivity index (χ0v) is 19.4. The van der Waals surface area contributed by atoms with Crippen LogP contribution in [-0.2, 0) is 11.2 Å². The van der Waals surface area contributed by atoms with E-state index in [9.17, 15) is 15.0 Å². The van der Waals surface area contributed by atoms with Crippen molar-refractivity contribution in [1.82, 2.24) is 0 Å². The van der Waals surface area contributed by atoms with Crippen molar-refractivity contribution < 1.29 is 24.1 Å². The number of aromatic hydroxyl groups is 1. The summed E-state index contributed by atoms with van der Waals surface area (Å²) in [6, 6.07) is 6.46. The van der Waals surface area contributed by atoms with Crippen LogP contribution >= 0.6 is 0 Å². The van der Waals surface area contributed by atoms with E-state index in [1.54, 1.807) is 45.2 Å². The third-order valence-corrected chi connectivity index (χ3v) is 6.78. The van der Waals surface area contributed by atoms with Crippen LogP contribution in [0.25, 0.3) is 28.2 Å². The van der Waals surface area contributed by atoms with Gasteiger partial charge < -0.3 is 24.1 Å². The first-order chi connectivity index (χ1) is 15.5. The molecule has 0 spiro atoms. The molecule has 6 heteroatoms. The molecule has 2 heterocycles. The molecule has 2 atom stereocenters. The van der Waals surface area contributed by atoms with E-state index in [4.69, 9.17) is 13.9 Å². The van der Waals surface area contributed by atoms with Gasteiger partial charge in [0.15, 0.2) is 0 Å². The molecular formula is C27H28O6. The van der Waals surface area contributed by atoms with Gasteiger partial charge >= 0.3 is 0 Å². The number of hydrogen-bond donors (Lipinski definition) is 2. The second-order valence-electron chi connectivity index (χ2n) is 10.0. The van der Waals surface area contributed by atoms with Gasteiger partial charge in [0.2, 0.25) is 5.43 Å². The molecule has 0 radical (unpaired) electrons. The van der Waals surface area contributed by atoms with Crippen molar-refractivity contribution in [3.05, 3.63) is 63.5 Å². The summed E-state index contributed by atoms with van der Waals surface area (Å²) in [5.41, 5.74) is 2.10. The second kappa shape index (κ2) is 7.20. The molecule has 6 nitrogen and oxygen atoms in total. The maximum absolute atomic E-state index is 13.8. The summed E-state index contributed by atoms with van der Waals surface area (Å²) in [7, 11) is 1.62. The molecule has 5 rings (SSSR count). The van der Waals surface area contributed by atoms with Gasteiger partial charge in [0, 0.05) is 18.6 Å². The van der Waals surface area contributed by atoms with Crippen molar-refractivity contribution in [2.45, 2.75) is 51.4 Å². The number of methoxy groups -OCH3 is 1. The average Bonchev–Trinajstić information content (AvgIpc) is 3.14. The first-order valence-electron chi connectivity index (χ1n) is 11.1. The maximum atomic E-state index is 13.8. The average molecular weight is 449 g/mol. The number of benzene rings is 2. The monoisotopic (exact) mass is 448 g/mol. The van der Waals surface area contributed by atoms with Crippen LogP contribution in [0.15, 0.2) is 45.8 Å². The Balaban J connectivity index is 1.86. The molecule has 0 saturated carbocycles. The van der Waals surface area contributed by atoms with Crippen molar-refractivity contribution in [3.8, 4) is 22.6 Å². The molecule has 1 aliphatic heterocycles. The fourth-order valence-corrected chi connectivity index (χ4v) is 5.09. The third kappa shape index (κ3) is 3.36. The van der Waals surface area contributed by atoms with E-state index in [1.807, 2.05) is 26.0 Å². The number of phenols is 1. The highest BCUT2D eigenvalue weighted by atomic mass is 16.5. The lowest BCUT2D eigenvalue weighted by Gasteiger charge is -2.33. The Bertz CT molecular complexity index is 1340. The smallest absolute Gasteiger partial charge is 0.200 e. The Morgan fingerprint density at radius 2 is 1.88 bits per heavy atom. The fraction of sp³-hybridized carbons (Fsp3) is 0.370. The van der Waals surface area contributed by atoms with Crippen LogP contribution in [0.4, 0.5) is 0 Å². The van der Waals surface area contributed by atoms with Gasteiger partial charge in [-0.2, -0.15) is 0 Å². The van der Waals surface area contributed by atoms with Gasteiger partial charge in [-0.05, 0) is 69.5 Å². The summed E-state index contributed by atoms with van der Waals surface area (Å²) in [4.78, 5) is 13.8. The first kappa shape index (κ1) is 21.7. The Kier molecular flexibility index (Phi) is 4.75. The van der Waals surface area contributed by atoms with E-state index in [2.05, 4.69) is 0 Å². The summed E-state index contributed by atoms with van der Waals surface area (Å²) in [6.07, 6.45) is 5.37. The molecule has 1 aliphatic carbocycles. The zero-order chi connectivity index (χ0) is 23.7. The highest BCUT2D eigenvalue weighted by molar-refractivity contribution is 5.96. The Morgan fingerprint density at radius 1 is 1.18 bits per heavy atom. The normalized spacial score (nSPS) is 21.0. The molecule has 1 aromatic heterocycles. The highest BCUT2D eigenvalue weighted by Gasteiger charge is 2.46. The van der Waals surface area contributed by atoms with Crippen LogP contribution in [0.2, 0.25) is 0 Å². The Labute approximate surface area is 192 Å². The molecule has 2 aliphatic rings. The van der Waals surface area contributed by atoms with Crippen LogP contribution in [-0.4, -0.2) is 28.5 Å². The maximum Gasteiger partial charge on any atom is 0.200 e. The molecular weight excluding hydrogens is 420 g/mol. The van der Waals surface area contributed by atoms with Crippen molar-refractivity contribution in [2.75, 3.05) is 7.11 Å². The predicted molar refractivity (Wildman–Crippen MR) is 127 cm³/mol. The quantitative estimate of drug-likeness (QED) is 0.587. The van der Waals surface area contributed by atoms with E-state index >= 15 is 0 Å². The van der Waals surface area contributed by atoms with Crippen LogP contribution in [0.1, 0.15) is 50.5 Å². The van der Waals surface area contributed by atoms with E-state index in [-0.39, 0.29) is 17.1 Å². The number of fused-ring (bicyclic) bond motifs is 6. The Hall–Kier alpha value is -3.09. The van der Waals surface area contributed by atoms with Gasteiger partial charge in [0.05, 0.1) is 28.2 Å². The highest BCUT2D eigenvalue weighted by Crippen LogP contribution is 2.53. The van der Waals surface area contributed by atoms with Crippen molar-refractivity contribution in [1.29, 1.82) is 0 Å². The van der Waals surface area contributed by atoms with E-state index in [1.165, 1.54) is 6.26 Å². The van der Waals surface area contributed by atoms with E-state index < -0.39 is 17.3 Å². The minimum Gasteiger partial charge on any atom is -0.508 e. The molecule has 33 heavy (non-hydrogen) atoms. The molecule has 0 fully saturated rings. The number of ether oxygens (including phenoxy) is 2. The van der Waals surface area contributed by atoms with Crippen LogP contribution < -0.4 is 10.2 Å². The molecule has 0 amide bonds. The fourth-order valence-electron chi connectivity index (χ4n) is 5.09.